The third-order valence-corrected chi connectivity index (χ3v) is 5.72. The number of pyridine rings is 2. The minimum Gasteiger partial charge on any atom is -0.383 e. The minimum absolute atomic E-state index is 0.405. The molecule has 0 fully saturated rings. The molecule has 0 amide bonds. The summed E-state index contributed by atoms with van der Waals surface area (Å²) in [4.78, 5) is 14.0. The number of imidazole rings is 1. The van der Waals surface area contributed by atoms with Crippen molar-refractivity contribution in [2.45, 2.75) is 19.7 Å². The molecule has 2 aromatic carbocycles. The molecule has 3 heterocycles. The van der Waals surface area contributed by atoms with Crippen LogP contribution in [0.15, 0.2) is 79.0 Å². The van der Waals surface area contributed by atoms with Crippen LogP contribution in [0.4, 0.5) is 5.82 Å². The summed E-state index contributed by atoms with van der Waals surface area (Å²) in [7, 11) is 0. The Labute approximate surface area is 202 Å². The molecule has 3 aromatic heterocycles. The Morgan fingerprint density at radius 2 is 1.58 bits per heavy atom. The first-order valence-electron chi connectivity index (χ1n) is 10.7. The smallest absolute Gasteiger partial charge is 0.165 e. The molecule has 33 heavy (non-hydrogen) atoms. The average molecular weight is 476 g/mol. The van der Waals surface area contributed by atoms with Gasteiger partial charge in [-0.3, -0.25) is 4.57 Å². The molecule has 0 bridgehead atoms. The van der Waals surface area contributed by atoms with E-state index in [9.17, 15) is 0 Å². The molecular formula is C26H23Cl2N5. The fourth-order valence-electron chi connectivity index (χ4n) is 3.54. The zero-order chi connectivity index (χ0) is 23.4. The van der Waals surface area contributed by atoms with Crippen molar-refractivity contribution in [3.05, 3.63) is 89.6 Å². The highest BCUT2D eigenvalue weighted by Gasteiger charge is 2.19. The largest absolute Gasteiger partial charge is 0.383 e. The fourth-order valence-corrected chi connectivity index (χ4v) is 3.95. The predicted molar refractivity (Wildman–Crippen MR) is 138 cm³/mol. The van der Waals surface area contributed by atoms with Crippen molar-refractivity contribution in [2.24, 2.45) is 0 Å². The van der Waals surface area contributed by atoms with E-state index in [-0.39, 0.29) is 0 Å². The molecule has 166 valence electrons. The van der Waals surface area contributed by atoms with E-state index in [1.54, 1.807) is 6.20 Å². The number of hydrogen-bond acceptors (Lipinski definition) is 4. The van der Waals surface area contributed by atoms with Crippen molar-refractivity contribution >= 4 is 40.2 Å². The van der Waals surface area contributed by atoms with E-state index in [0.717, 1.165) is 33.6 Å². The number of nitrogen functional groups attached to an aromatic ring is 1. The van der Waals surface area contributed by atoms with Crippen molar-refractivity contribution in [1.29, 1.82) is 0 Å². The second kappa shape index (κ2) is 10.0. The second-order valence-electron chi connectivity index (χ2n) is 7.03. The molecule has 7 heteroatoms. The van der Waals surface area contributed by atoms with Crippen molar-refractivity contribution in [3.63, 3.8) is 0 Å². The zero-order valence-corrected chi connectivity index (χ0v) is 19.8. The highest BCUT2D eigenvalue weighted by atomic mass is 35.5. The third-order valence-electron chi connectivity index (χ3n) is 5.08. The first kappa shape index (κ1) is 22.8. The van der Waals surface area contributed by atoms with Crippen molar-refractivity contribution < 1.29 is 0 Å². The number of benzene rings is 2. The Hall–Kier alpha value is -3.41. The standard InChI is InChI=1S/C24H17Cl2N5.C2H6/c25-14-15-7-9-16(10-8-15)31-23(18-5-3-13-28-22(18)27)30-21-12-11-20(29-24(21)31)17-4-1-2-6-19(17)26;1-2/h1-13H,14H2,(H2,27,28);1-2H3. The van der Waals surface area contributed by atoms with Crippen LogP contribution >= 0.6 is 23.2 Å². The van der Waals surface area contributed by atoms with Crippen LogP contribution in [-0.4, -0.2) is 19.5 Å². The zero-order valence-electron chi connectivity index (χ0n) is 18.3. The molecule has 0 saturated heterocycles. The maximum atomic E-state index is 6.42. The summed E-state index contributed by atoms with van der Waals surface area (Å²) in [6.07, 6.45) is 1.66. The first-order chi connectivity index (χ1) is 16.2. The van der Waals surface area contributed by atoms with Crippen LogP contribution in [0.25, 0.3) is 39.5 Å². The van der Waals surface area contributed by atoms with Gasteiger partial charge in [0.2, 0.25) is 0 Å². The molecule has 0 radical (unpaired) electrons. The van der Waals surface area contributed by atoms with E-state index < -0.39 is 0 Å². The molecule has 0 atom stereocenters. The Balaban J connectivity index is 0.00000126. The lowest BCUT2D eigenvalue weighted by Gasteiger charge is -2.11. The Morgan fingerprint density at radius 1 is 0.848 bits per heavy atom. The van der Waals surface area contributed by atoms with Gasteiger partial charge in [0.05, 0.1) is 11.3 Å². The number of fused-ring (bicyclic) bond motifs is 1. The molecule has 5 nitrogen and oxygen atoms in total. The SMILES string of the molecule is CC.Nc1ncccc1-c1nc2ccc(-c3ccccc3Cl)nc2n1-c1ccc(CCl)cc1. The summed E-state index contributed by atoms with van der Waals surface area (Å²) in [6.45, 7) is 4.00. The third kappa shape index (κ3) is 4.42. The number of alkyl halides is 1. The molecule has 5 aromatic rings. The van der Waals surface area contributed by atoms with Gasteiger partial charge in [0.1, 0.15) is 11.3 Å². The second-order valence-corrected chi connectivity index (χ2v) is 7.70. The van der Waals surface area contributed by atoms with Crippen LogP contribution in [0.3, 0.4) is 0 Å². The van der Waals surface area contributed by atoms with Gasteiger partial charge in [-0.05, 0) is 48.0 Å². The molecule has 5 rings (SSSR count). The van der Waals surface area contributed by atoms with Gasteiger partial charge < -0.3 is 5.73 Å². The molecule has 0 spiro atoms. The number of anilines is 1. The summed E-state index contributed by atoms with van der Waals surface area (Å²) in [6, 6.07) is 23.2. The normalized spacial score (nSPS) is 10.7. The van der Waals surface area contributed by atoms with Crippen molar-refractivity contribution in [3.8, 4) is 28.3 Å². The molecular weight excluding hydrogens is 453 g/mol. The van der Waals surface area contributed by atoms with E-state index in [4.69, 9.17) is 38.9 Å². The van der Waals surface area contributed by atoms with Gasteiger partial charge in [0, 0.05) is 28.4 Å². The van der Waals surface area contributed by atoms with Crippen LogP contribution in [0.2, 0.25) is 5.02 Å². The van der Waals surface area contributed by atoms with E-state index in [0.29, 0.717) is 28.2 Å². The van der Waals surface area contributed by atoms with Gasteiger partial charge in [-0.2, -0.15) is 0 Å². The van der Waals surface area contributed by atoms with Gasteiger partial charge in [-0.1, -0.05) is 55.8 Å². The lowest BCUT2D eigenvalue weighted by atomic mass is 10.1. The van der Waals surface area contributed by atoms with Gasteiger partial charge in [0.15, 0.2) is 11.5 Å². The van der Waals surface area contributed by atoms with E-state index >= 15 is 0 Å². The summed E-state index contributed by atoms with van der Waals surface area (Å²) in [5.41, 5.74) is 11.9. The van der Waals surface area contributed by atoms with Gasteiger partial charge >= 0.3 is 0 Å². The van der Waals surface area contributed by atoms with Gasteiger partial charge in [-0.15, -0.1) is 11.6 Å². The average Bonchev–Trinajstić information content (AvgIpc) is 3.24. The van der Waals surface area contributed by atoms with E-state index in [1.807, 2.05) is 91.2 Å². The summed E-state index contributed by atoms with van der Waals surface area (Å²) in [5.74, 6) is 1.52. The molecule has 0 aliphatic heterocycles. The number of halogens is 2. The van der Waals surface area contributed by atoms with Crippen molar-refractivity contribution in [1.82, 2.24) is 19.5 Å². The quantitative estimate of drug-likeness (QED) is 0.280. The Kier molecular flexibility index (Phi) is 6.92. The lowest BCUT2D eigenvalue weighted by molar-refractivity contribution is 1.07. The number of nitrogens with zero attached hydrogens (tertiary/aromatic N) is 4. The molecule has 2 N–H and O–H groups in total. The van der Waals surface area contributed by atoms with Crippen LogP contribution in [0, 0.1) is 0 Å². The van der Waals surface area contributed by atoms with Crippen LogP contribution < -0.4 is 5.73 Å². The van der Waals surface area contributed by atoms with Crippen LogP contribution in [-0.2, 0) is 5.88 Å². The summed E-state index contributed by atoms with van der Waals surface area (Å²) >= 11 is 12.4. The van der Waals surface area contributed by atoms with Crippen molar-refractivity contribution in [2.75, 3.05) is 5.73 Å². The maximum absolute atomic E-state index is 6.42. The molecule has 0 aliphatic carbocycles. The van der Waals surface area contributed by atoms with E-state index in [1.165, 1.54) is 0 Å². The molecule has 0 saturated carbocycles. The molecule has 0 unspecified atom stereocenters. The van der Waals surface area contributed by atoms with Crippen LogP contribution in [0.5, 0.6) is 0 Å². The van der Waals surface area contributed by atoms with E-state index in [2.05, 4.69) is 4.98 Å². The first-order valence-corrected chi connectivity index (χ1v) is 11.6. The fraction of sp³-hybridized carbons (Fsp3) is 0.115. The number of rotatable bonds is 4. The van der Waals surface area contributed by atoms with Gasteiger partial charge in [-0.25, -0.2) is 15.0 Å². The summed E-state index contributed by atoms with van der Waals surface area (Å²) in [5, 5.41) is 0.642. The summed E-state index contributed by atoms with van der Waals surface area (Å²) < 4.78 is 1.99. The highest BCUT2D eigenvalue weighted by Crippen LogP contribution is 2.33. The molecule has 0 aliphatic rings. The number of hydrogen-bond donors (Lipinski definition) is 1. The highest BCUT2D eigenvalue weighted by molar-refractivity contribution is 6.33. The monoisotopic (exact) mass is 475 g/mol. The maximum Gasteiger partial charge on any atom is 0.165 e. The lowest BCUT2D eigenvalue weighted by Crippen LogP contribution is -2.02. The Morgan fingerprint density at radius 3 is 2.27 bits per heavy atom. The Bertz CT molecular complexity index is 1390. The van der Waals surface area contributed by atoms with Gasteiger partial charge in [0.25, 0.3) is 0 Å². The topological polar surface area (TPSA) is 69.6 Å². The predicted octanol–water partition coefficient (Wildman–Crippen LogP) is 7.15. The van der Waals surface area contributed by atoms with Crippen LogP contribution in [0.1, 0.15) is 19.4 Å². The number of aromatic nitrogens is 4. The minimum atomic E-state index is 0.405. The number of nitrogens with two attached hydrogens (primary N) is 1.